The van der Waals surface area contributed by atoms with Gasteiger partial charge in [-0.15, -0.1) is 11.8 Å². The van der Waals surface area contributed by atoms with Crippen LogP contribution in [0.4, 0.5) is 5.69 Å². The number of nitrogens with one attached hydrogen (secondary N) is 1. The van der Waals surface area contributed by atoms with Gasteiger partial charge in [0.05, 0.1) is 0 Å². The average molecular weight is 285 g/mol. The van der Waals surface area contributed by atoms with Crippen molar-refractivity contribution in [2.45, 2.75) is 37.6 Å². The van der Waals surface area contributed by atoms with Crippen molar-refractivity contribution in [1.82, 2.24) is 0 Å². The second kappa shape index (κ2) is 6.85. The van der Waals surface area contributed by atoms with Gasteiger partial charge in [0.1, 0.15) is 0 Å². The summed E-state index contributed by atoms with van der Waals surface area (Å²) in [7, 11) is 0. The minimum Gasteiger partial charge on any atom is -0.378 e. The van der Waals surface area contributed by atoms with E-state index in [1.165, 1.54) is 21.7 Å². The molecule has 0 heterocycles. The first-order chi connectivity index (χ1) is 9.60. The van der Waals surface area contributed by atoms with E-state index >= 15 is 0 Å². The standard InChI is InChI=1S/C18H23NS/c1-13(2)15-8-10-16(11-9-15)14(3)19-17-6-5-7-18(12-17)20-4/h5-14,19H,1-4H3. The molecule has 20 heavy (non-hydrogen) atoms. The fourth-order valence-electron chi connectivity index (χ4n) is 2.22. The Bertz CT molecular complexity index is 546. The number of rotatable bonds is 5. The van der Waals surface area contributed by atoms with Gasteiger partial charge < -0.3 is 5.32 Å². The average Bonchev–Trinajstić information content (AvgIpc) is 2.47. The summed E-state index contributed by atoms with van der Waals surface area (Å²) >= 11 is 1.77. The van der Waals surface area contributed by atoms with Crippen LogP contribution in [0.2, 0.25) is 0 Å². The van der Waals surface area contributed by atoms with Gasteiger partial charge in [-0.1, -0.05) is 44.2 Å². The lowest BCUT2D eigenvalue weighted by molar-refractivity contribution is 0.852. The highest BCUT2D eigenvalue weighted by Crippen LogP contribution is 2.24. The molecule has 0 aliphatic rings. The first-order valence-electron chi connectivity index (χ1n) is 7.10. The minimum absolute atomic E-state index is 0.313. The Hall–Kier alpha value is -1.41. The Morgan fingerprint density at radius 1 is 0.900 bits per heavy atom. The molecular weight excluding hydrogens is 262 g/mol. The molecule has 2 heteroatoms. The summed E-state index contributed by atoms with van der Waals surface area (Å²) in [5.74, 6) is 0.588. The lowest BCUT2D eigenvalue weighted by Gasteiger charge is -2.17. The van der Waals surface area contributed by atoms with Crippen molar-refractivity contribution in [2.24, 2.45) is 0 Å². The predicted octanol–water partition coefficient (Wildman–Crippen LogP) is 5.71. The van der Waals surface area contributed by atoms with E-state index in [1.54, 1.807) is 11.8 Å². The minimum atomic E-state index is 0.313. The van der Waals surface area contributed by atoms with E-state index in [-0.39, 0.29) is 0 Å². The highest BCUT2D eigenvalue weighted by molar-refractivity contribution is 7.98. The molecule has 1 atom stereocenters. The quantitative estimate of drug-likeness (QED) is 0.707. The summed E-state index contributed by atoms with van der Waals surface area (Å²) in [5, 5.41) is 3.57. The van der Waals surface area contributed by atoms with Crippen molar-refractivity contribution in [3.63, 3.8) is 0 Å². The first kappa shape index (κ1) is 15.0. The Morgan fingerprint density at radius 3 is 2.15 bits per heavy atom. The molecule has 2 aromatic carbocycles. The molecule has 0 spiro atoms. The van der Waals surface area contributed by atoms with Crippen molar-refractivity contribution in [1.29, 1.82) is 0 Å². The number of benzene rings is 2. The van der Waals surface area contributed by atoms with Crippen LogP contribution in [0.1, 0.15) is 43.9 Å². The molecule has 0 fully saturated rings. The van der Waals surface area contributed by atoms with E-state index in [2.05, 4.69) is 80.9 Å². The van der Waals surface area contributed by atoms with E-state index in [0.29, 0.717) is 12.0 Å². The van der Waals surface area contributed by atoms with Gasteiger partial charge in [-0.25, -0.2) is 0 Å². The molecule has 106 valence electrons. The van der Waals surface area contributed by atoms with E-state index in [9.17, 15) is 0 Å². The van der Waals surface area contributed by atoms with E-state index in [1.807, 2.05) is 0 Å². The fraction of sp³-hybridized carbons (Fsp3) is 0.333. The molecule has 2 aromatic rings. The monoisotopic (exact) mass is 285 g/mol. The van der Waals surface area contributed by atoms with Crippen LogP contribution >= 0.6 is 11.8 Å². The molecular formula is C18H23NS. The SMILES string of the molecule is CSc1cccc(NC(C)c2ccc(C(C)C)cc2)c1. The number of hydrogen-bond donors (Lipinski definition) is 1. The van der Waals surface area contributed by atoms with Gasteiger partial charge in [-0.05, 0) is 48.4 Å². The first-order valence-corrected chi connectivity index (χ1v) is 8.33. The van der Waals surface area contributed by atoms with Crippen molar-refractivity contribution < 1.29 is 0 Å². The van der Waals surface area contributed by atoms with Gasteiger partial charge in [-0.2, -0.15) is 0 Å². The van der Waals surface area contributed by atoms with Crippen molar-refractivity contribution in [3.8, 4) is 0 Å². The molecule has 0 aromatic heterocycles. The summed E-state index contributed by atoms with van der Waals surface area (Å²) in [6.07, 6.45) is 2.10. The van der Waals surface area contributed by atoms with Crippen LogP contribution in [0.5, 0.6) is 0 Å². The van der Waals surface area contributed by atoms with Gasteiger partial charge in [-0.3, -0.25) is 0 Å². The second-order valence-electron chi connectivity index (χ2n) is 5.42. The van der Waals surface area contributed by atoms with Gasteiger partial charge in [0, 0.05) is 16.6 Å². The lowest BCUT2D eigenvalue weighted by Crippen LogP contribution is -2.06. The molecule has 2 rings (SSSR count). The van der Waals surface area contributed by atoms with Gasteiger partial charge in [0.25, 0.3) is 0 Å². The zero-order valence-electron chi connectivity index (χ0n) is 12.7. The summed E-state index contributed by atoms with van der Waals surface area (Å²) in [6.45, 7) is 6.66. The molecule has 0 aliphatic carbocycles. The number of thioether (sulfide) groups is 1. The third-order valence-corrected chi connectivity index (χ3v) is 4.28. The largest absolute Gasteiger partial charge is 0.378 e. The Balaban J connectivity index is 2.08. The summed E-state index contributed by atoms with van der Waals surface area (Å²) in [6, 6.07) is 17.8. The zero-order valence-corrected chi connectivity index (χ0v) is 13.5. The molecule has 0 bridgehead atoms. The topological polar surface area (TPSA) is 12.0 Å². The van der Waals surface area contributed by atoms with Crippen LogP contribution in [0.3, 0.4) is 0 Å². The third kappa shape index (κ3) is 3.80. The van der Waals surface area contributed by atoms with Gasteiger partial charge in [0.15, 0.2) is 0 Å². The van der Waals surface area contributed by atoms with Crippen LogP contribution in [0.25, 0.3) is 0 Å². The normalized spacial score (nSPS) is 12.4. The van der Waals surface area contributed by atoms with Crippen molar-refractivity contribution in [2.75, 3.05) is 11.6 Å². The Morgan fingerprint density at radius 2 is 1.55 bits per heavy atom. The molecule has 1 unspecified atom stereocenters. The zero-order chi connectivity index (χ0) is 14.5. The van der Waals surface area contributed by atoms with Crippen LogP contribution in [-0.2, 0) is 0 Å². The van der Waals surface area contributed by atoms with E-state index < -0.39 is 0 Å². The lowest BCUT2D eigenvalue weighted by atomic mass is 9.99. The molecule has 1 nitrogen and oxygen atoms in total. The van der Waals surface area contributed by atoms with Gasteiger partial charge in [0.2, 0.25) is 0 Å². The predicted molar refractivity (Wildman–Crippen MR) is 90.8 cm³/mol. The molecule has 1 N–H and O–H groups in total. The summed E-state index contributed by atoms with van der Waals surface area (Å²) < 4.78 is 0. The summed E-state index contributed by atoms with van der Waals surface area (Å²) in [5.41, 5.74) is 3.89. The summed E-state index contributed by atoms with van der Waals surface area (Å²) in [4.78, 5) is 1.29. The molecule has 0 saturated heterocycles. The van der Waals surface area contributed by atoms with Crippen molar-refractivity contribution >= 4 is 17.4 Å². The second-order valence-corrected chi connectivity index (χ2v) is 6.30. The number of hydrogen-bond acceptors (Lipinski definition) is 2. The fourth-order valence-corrected chi connectivity index (χ4v) is 2.68. The van der Waals surface area contributed by atoms with Crippen LogP contribution in [-0.4, -0.2) is 6.26 Å². The molecule has 0 aliphatic heterocycles. The maximum Gasteiger partial charge on any atom is 0.0485 e. The third-order valence-electron chi connectivity index (χ3n) is 3.56. The maximum atomic E-state index is 3.57. The van der Waals surface area contributed by atoms with E-state index in [0.717, 1.165) is 0 Å². The number of anilines is 1. The van der Waals surface area contributed by atoms with Crippen LogP contribution in [0, 0.1) is 0 Å². The highest BCUT2D eigenvalue weighted by atomic mass is 32.2. The van der Waals surface area contributed by atoms with Gasteiger partial charge >= 0.3 is 0 Å². The molecule has 0 amide bonds. The Labute approximate surface area is 126 Å². The molecule has 0 saturated carbocycles. The van der Waals surface area contributed by atoms with Crippen LogP contribution in [0.15, 0.2) is 53.4 Å². The smallest absolute Gasteiger partial charge is 0.0485 e. The molecule has 0 radical (unpaired) electrons. The van der Waals surface area contributed by atoms with Crippen LogP contribution < -0.4 is 5.32 Å². The van der Waals surface area contributed by atoms with E-state index in [4.69, 9.17) is 0 Å². The highest BCUT2D eigenvalue weighted by Gasteiger charge is 2.06. The maximum absolute atomic E-state index is 3.57. The van der Waals surface area contributed by atoms with Crippen molar-refractivity contribution in [3.05, 3.63) is 59.7 Å². The Kier molecular flexibility index (Phi) is 5.13.